The second-order valence-electron chi connectivity index (χ2n) is 4.09. The lowest BCUT2D eigenvalue weighted by Crippen LogP contribution is -2.27. The van der Waals surface area contributed by atoms with Crippen molar-refractivity contribution < 1.29 is 18.0 Å². The van der Waals surface area contributed by atoms with E-state index in [0.717, 1.165) is 18.2 Å². The van der Waals surface area contributed by atoms with Crippen molar-refractivity contribution in [3.05, 3.63) is 23.8 Å². The number of carbonyl (C=O) groups excluding carboxylic acids is 1. The van der Waals surface area contributed by atoms with Gasteiger partial charge >= 0.3 is 6.18 Å². The van der Waals surface area contributed by atoms with Gasteiger partial charge in [0.15, 0.2) is 0 Å². The molecule has 0 radical (unpaired) electrons. The maximum Gasteiger partial charge on any atom is 0.416 e. The summed E-state index contributed by atoms with van der Waals surface area (Å²) in [5.74, 6) is -0.341. The number of hydrogen-bond donors (Lipinski definition) is 2. The topological polar surface area (TPSA) is 58.4 Å². The predicted octanol–water partition coefficient (Wildman–Crippen LogP) is 1.79. The minimum Gasteiger partial charge on any atom is -0.397 e. The van der Waals surface area contributed by atoms with E-state index >= 15 is 0 Å². The van der Waals surface area contributed by atoms with E-state index in [4.69, 9.17) is 5.73 Å². The van der Waals surface area contributed by atoms with Gasteiger partial charge in [0.25, 0.3) is 0 Å². The van der Waals surface area contributed by atoms with Gasteiger partial charge < -0.3 is 16.0 Å². The van der Waals surface area contributed by atoms with Crippen LogP contribution in [0.4, 0.5) is 24.5 Å². The Labute approximate surface area is 103 Å². The van der Waals surface area contributed by atoms with Crippen LogP contribution in [-0.2, 0) is 11.0 Å². The van der Waals surface area contributed by atoms with Crippen molar-refractivity contribution in [3.8, 4) is 0 Å². The van der Waals surface area contributed by atoms with Crippen molar-refractivity contribution in [2.24, 2.45) is 0 Å². The van der Waals surface area contributed by atoms with E-state index in [2.05, 4.69) is 5.32 Å². The minimum atomic E-state index is -4.44. The Bertz CT molecular complexity index is 444. The van der Waals surface area contributed by atoms with Crippen molar-refractivity contribution in [2.75, 3.05) is 31.7 Å². The molecule has 1 aromatic rings. The van der Waals surface area contributed by atoms with Gasteiger partial charge in [0, 0.05) is 0 Å². The zero-order valence-electron chi connectivity index (χ0n) is 10.0. The average Bonchev–Trinajstić information content (AvgIpc) is 2.18. The molecular weight excluding hydrogens is 247 g/mol. The highest BCUT2D eigenvalue weighted by Crippen LogP contribution is 2.32. The summed E-state index contributed by atoms with van der Waals surface area (Å²) >= 11 is 0. The summed E-state index contributed by atoms with van der Waals surface area (Å²) in [5, 5.41) is 2.45. The molecule has 1 amide bonds. The molecule has 4 nitrogen and oxygen atoms in total. The molecule has 0 aliphatic heterocycles. The molecule has 0 aromatic heterocycles. The van der Waals surface area contributed by atoms with Crippen LogP contribution in [0.15, 0.2) is 18.2 Å². The lowest BCUT2D eigenvalue weighted by Gasteiger charge is -2.13. The third-order valence-electron chi connectivity index (χ3n) is 2.11. The number of nitrogens with one attached hydrogen (secondary N) is 1. The molecule has 0 aliphatic rings. The van der Waals surface area contributed by atoms with Crippen molar-refractivity contribution in [2.45, 2.75) is 6.18 Å². The van der Waals surface area contributed by atoms with E-state index in [0.29, 0.717) is 0 Å². The van der Waals surface area contributed by atoms with Gasteiger partial charge in [0.1, 0.15) is 0 Å². The normalized spacial score (nSPS) is 11.7. The van der Waals surface area contributed by atoms with Crippen LogP contribution >= 0.6 is 0 Å². The number of anilines is 2. The first-order chi connectivity index (χ1) is 8.20. The number of nitrogens with zero attached hydrogens (tertiary/aromatic N) is 1. The van der Waals surface area contributed by atoms with Gasteiger partial charge in [0.2, 0.25) is 5.91 Å². The summed E-state index contributed by atoms with van der Waals surface area (Å²) < 4.78 is 37.2. The molecule has 7 heteroatoms. The van der Waals surface area contributed by atoms with Crippen LogP contribution in [0, 0.1) is 0 Å². The number of nitrogens with two attached hydrogens (primary N) is 1. The Morgan fingerprint density at radius 1 is 1.39 bits per heavy atom. The fraction of sp³-hybridized carbons (Fsp3) is 0.364. The van der Waals surface area contributed by atoms with Crippen LogP contribution in [0.3, 0.4) is 0 Å². The smallest absolute Gasteiger partial charge is 0.397 e. The molecule has 0 saturated heterocycles. The third kappa shape index (κ3) is 3.92. The quantitative estimate of drug-likeness (QED) is 0.815. The van der Waals surface area contributed by atoms with Crippen LogP contribution in [0.5, 0.6) is 0 Å². The molecule has 100 valence electrons. The first-order valence-corrected chi connectivity index (χ1v) is 5.11. The third-order valence-corrected chi connectivity index (χ3v) is 2.11. The fourth-order valence-electron chi connectivity index (χ4n) is 1.33. The maximum atomic E-state index is 12.4. The van der Waals surface area contributed by atoms with Crippen LogP contribution in [0.25, 0.3) is 0 Å². The zero-order valence-corrected chi connectivity index (χ0v) is 10.0. The molecule has 0 saturated carbocycles. The van der Waals surface area contributed by atoms with Gasteiger partial charge in [0.05, 0.1) is 23.5 Å². The van der Waals surface area contributed by atoms with Gasteiger partial charge in [-0.1, -0.05) is 0 Å². The highest BCUT2D eigenvalue weighted by atomic mass is 19.4. The van der Waals surface area contributed by atoms with E-state index in [9.17, 15) is 18.0 Å². The second-order valence-corrected chi connectivity index (χ2v) is 4.09. The summed E-state index contributed by atoms with van der Waals surface area (Å²) in [6.45, 7) is 0.125. The van der Waals surface area contributed by atoms with Crippen LogP contribution in [0.2, 0.25) is 0 Å². The maximum absolute atomic E-state index is 12.4. The molecule has 1 aromatic carbocycles. The Kier molecular flexibility index (Phi) is 4.18. The van der Waals surface area contributed by atoms with Gasteiger partial charge in [-0.2, -0.15) is 13.2 Å². The van der Waals surface area contributed by atoms with E-state index in [1.165, 1.54) is 0 Å². The monoisotopic (exact) mass is 261 g/mol. The SMILES string of the molecule is CN(C)CC(=O)Nc1ccc(C(F)(F)F)cc1N. The van der Waals surface area contributed by atoms with Crippen LogP contribution in [-0.4, -0.2) is 31.4 Å². The zero-order chi connectivity index (χ0) is 13.9. The summed E-state index contributed by atoms with van der Waals surface area (Å²) in [6, 6.07) is 2.82. The number of nitrogen functional groups attached to an aromatic ring is 1. The van der Waals surface area contributed by atoms with Crippen molar-refractivity contribution in [1.82, 2.24) is 4.90 Å². The average molecular weight is 261 g/mol. The van der Waals surface area contributed by atoms with Crippen molar-refractivity contribution >= 4 is 17.3 Å². The summed E-state index contributed by atoms with van der Waals surface area (Å²) in [7, 11) is 3.41. The molecule has 0 aliphatic carbocycles. The molecule has 0 atom stereocenters. The number of likely N-dealkylation sites (N-methyl/N-ethyl adjacent to an activating group) is 1. The summed E-state index contributed by atoms with van der Waals surface area (Å²) in [6.07, 6.45) is -4.44. The number of benzene rings is 1. The van der Waals surface area contributed by atoms with E-state index in [-0.39, 0.29) is 23.8 Å². The number of alkyl halides is 3. The standard InChI is InChI=1S/C11H14F3N3O/c1-17(2)6-10(18)16-9-4-3-7(5-8(9)15)11(12,13)14/h3-5H,6,15H2,1-2H3,(H,16,18). The second kappa shape index (κ2) is 5.26. The first-order valence-electron chi connectivity index (χ1n) is 5.11. The first kappa shape index (κ1) is 14.3. The number of carbonyl (C=O) groups is 1. The summed E-state index contributed by atoms with van der Waals surface area (Å²) in [4.78, 5) is 13.1. The fourth-order valence-corrected chi connectivity index (χ4v) is 1.33. The molecule has 0 bridgehead atoms. The number of amides is 1. The van der Waals surface area contributed by atoms with Gasteiger partial charge in [-0.25, -0.2) is 0 Å². The molecular formula is C11H14F3N3O. The Morgan fingerprint density at radius 3 is 2.44 bits per heavy atom. The van der Waals surface area contributed by atoms with Crippen molar-refractivity contribution in [3.63, 3.8) is 0 Å². The molecule has 0 fully saturated rings. The molecule has 3 N–H and O–H groups in total. The number of hydrogen-bond acceptors (Lipinski definition) is 3. The Hall–Kier alpha value is -1.76. The van der Waals surface area contributed by atoms with E-state index in [1.54, 1.807) is 19.0 Å². The lowest BCUT2D eigenvalue weighted by atomic mass is 10.1. The highest BCUT2D eigenvalue weighted by molar-refractivity contribution is 5.95. The van der Waals surface area contributed by atoms with Crippen LogP contribution in [0.1, 0.15) is 5.56 Å². The van der Waals surface area contributed by atoms with E-state index < -0.39 is 11.7 Å². The molecule has 0 unspecified atom stereocenters. The lowest BCUT2D eigenvalue weighted by molar-refractivity contribution is -0.137. The van der Waals surface area contributed by atoms with Gasteiger partial charge in [-0.05, 0) is 32.3 Å². The molecule has 1 rings (SSSR count). The number of rotatable bonds is 3. The Morgan fingerprint density at radius 2 is 2.00 bits per heavy atom. The molecule has 18 heavy (non-hydrogen) atoms. The van der Waals surface area contributed by atoms with Gasteiger partial charge in [-0.3, -0.25) is 4.79 Å². The predicted molar refractivity (Wildman–Crippen MR) is 63.0 cm³/mol. The highest BCUT2D eigenvalue weighted by Gasteiger charge is 2.30. The van der Waals surface area contributed by atoms with Crippen molar-refractivity contribution in [1.29, 1.82) is 0 Å². The Balaban J connectivity index is 2.84. The minimum absolute atomic E-state index is 0.114. The largest absolute Gasteiger partial charge is 0.416 e. The van der Waals surface area contributed by atoms with Gasteiger partial charge in [-0.15, -0.1) is 0 Å². The molecule has 0 spiro atoms. The summed E-state index contributed by atoms with van der Waals surface area (Å²) in [5.41, 5.74) is 4.69. The van der Waals surface area contributed by atoms with E-state index in [1.807, 2.05) is 0 Å². The van der Waals surface area contributed by atoms with Crippen LogP contribution < -0.4 is 11.1 Å². The molecule has 0 heterocycles. The number of halogens is 3.